The summed E-state index contributed by atoms with van der Waals surface area (Å²) in [6, 6.07) is 7.63. The molecule has 2 heterocycles. The first-order valence-corrected chi connectivity index (χ1v) is 10.1. The number of hydrogen-bond acceptors (Lipinski definition) is 3. The fourth-order valence-corrected chi connectivity index (χ4v) is 4.08. The number of carbonyl (C=O) groups is 3. The molecule has 2 aliphatic heterocycles. The van der Waals surface area contributed by atoms with Crippen LogP contribution in [-0.4, -0.2) is 58.7 Å². The van der Waals surface area contributed by atoms with E-state index >= 15 is 0 Å². The number of benzene rings is 1. The van der Waals surface area contributed by atoms with Crippen molar-refractivity contribution < 1.29 is 14.4 Å². The van der Waals surface area contributed by atoms with Crippen LogP contribution in [0.1, 0.15) is 56.0 Å². The van der Waals surface area contributed by atoms with E-state index in [1.165, 1.54) is 0 Å². The number of rotatable bonds is 3. The minimum atomic E-state index is -0.251. The van der Waals surface area contributed by atoms with E-state index in [0.29, 0.717) is 31.6 Å². The predicted molar refractivity (Wildman–Crippen MR) is 108 cm³/mol. The highest BCUT2D eigenvalue weighted by atomic mass is 16.2. The lowest BCUT2D eigenvalue weighted by Gasteiger charge is -2.35. The summed E-state index contributed by atoms with van der Waals surface area (Å²) >= 11 is 0. The van der Waals surface area contributed by atoms with Gasteiger partial charge in [0, 0.05) is 43.2 Å². The smallest absolute Gasteiger partial charge is 0.251 e. The van der Waals surface area contributed by atoms with Gasteiger partial charge in [-0.25, -0.2) is 0 Å². The molecule has 0 bridgehead atoms. The Morgan fingerprint density at radius 2 is 1.82 bits per heavy atom. The quantitative estimate of drug-likeness (QED) is 0.868. The number of likely N-dealkylation sites (tertiary alicyclic amines) is 2. The van der Waals surface area contributed by atoms with Crippen molar-refractivity contribution in [2.24, 2.45) is 5.92 Å². The highest BCUT2D eigenvalue weighted by Crippen LogP contribution is 2.28. The molecule has 6 heteroatoms. The molecule has 2 aliphatic rings. The van der Waals surface area contributed by atoms with Crippen LogP contribution in [0.5, 0.6) is 0 Å². The van der Waals surface area contributed by atoms with Crippen molar-refractivity contribution in [3.8, 4) is 0 Å². The van der Waals surface area contributed by atoms with Crippen LogP contribution in [0.3, 0.4) is 0 Å². The van der Waals surface area contributed by atoms with Gasteiger partial charge in [-0.1, -0.05) is 17.7 Å². The second-order valence-corrected chi connectivity index (χ2v) is 9.02. The van der Waals surface area contributed by atoms with Crippen LogP contribution in [0.25, 0.3) is 0 Å². The lowest BCUT2D eigenvalue weighted by molar-refractivity contribution is -0.136. The summed E-state index contributed by atoms with van der Waals surface area (Å²) in [4.78, 5) is 41.2. The van der Waals surface area contributed by atoms with E-state index in [0.717, 1.165) is 18.4 Å². The number of aryl methyl sites for hydroxylation is 1. The highest BCUT2D eigenvalue weighted by Gasteiger charge is 2.41. The molecular formula is C22H31N3O3. The summed E-state index contributed by atoms with van der Waals surface area (Å²) in [6.07, 6.45) is 1.79. The van der Waals surface area contributed by atoms with Crippen LogP contribution in [0.4, 0.5) is 0 Å². The number of carbonyl (C=O) groups excluding carboxylic acids is 3. The van der Waals surface area contributed by atoms with Crippen molar-refractivity contribution in [3.05, 3.63) is 35.4 Å². The molecule has 2 saturated heterocycles. The van der Waals surface area contributed by atoms with E-state index < -0.39 is 0 Å². The van der Waals surface area contributed by atoms with Gasteiger partial charge in [-0.2, -0.15) is 0 Å². The largest absolute Gasteiger partial charge is 0.349 e. The number of hydrogen-bond donors (Lipinski definition) is 1. The highest BCUT2D eigenvalue weighted by molar-refractivity contribution is 5.94. The lowest BCUT2D eigenvalue weighted by Crippen LogP contribution is -2.48. The van der Waals surface area contributed by atoms with E-state index in [1.54, 1.807) is 0 Å². The van der Waals surface area contributed by atoms with Gasteiger partial charge in [-0.05, 0) is 52.7 Å². The van der Waals surface area contributed by atoms with E-state index in [2.05, 4.69) is 5.32 Å². The van der Waals surface area contributed by atoms with Gasteiger partial charge < -0.3 is 15.1 Å². The topological polar surface area (TPSA) is 69.7 Å². The van der Waals surface area contributed by atoms with Crippen molar-refractivity contribution in [2.75, 3.05) is 19.6 Å². The molecule has 1 atom stereocenters. The Morgan fingerprint density at radius 1 is 1.14 bits per heavy atom. The third kappa shape index (κ3) is 4.54. The average molecular weight is 386 g/mol. The van der Waals surface area contributed by atoms with Gasteiger partial charge in [0.15, 0.2) is 0 Å². The molecule has 0 radical (unpaired) electrons. The molecule has 3 amide bonds. The molecule has 0 saturated carbocycles. The first kappa shape index (κ1) is 20.4. The van der Waals surface area contributed by atoms with Crippen LogP contribution in [0.2, 0.25) is 0 Å². The summed E-state index contributed by atoms with van der Waals surface area (Å²) < 4.78 is 0. The first-order chi connectivity index (χ1) is 13.1. The molecular weight excluding hydrogens is 354 g/mol. The molecule has 1 unspecified atom stereocenters. The molecule has 152 valence electrons. The average Bonchev–Trinajstić information content (AvgIpc) is 3.04. The molecule has 3 rings (SSSR count). The number of amides is 3. The molecule has 0 aromatic heterocycles. The zero-order valence-electron chi connectivity index (χ0n) is 17.3. The van der Waals surface area contributed by atoms with E-state index in [1.807, 2.05) is 61.8 Å². The van der Waals surface area contributed by atoms with Gasteiger partial charge in [-0.3, -0.25) is 14.4 Å². The zero-order valence-corrected chi connectivity index (χ0v) is 17.3. The Bertz CT molecular complexity index is 761. The molecule has 0 aliphatic carbocycles. The molecule has 2 fully saturated rings. The van der Waals surface area contributed by atoms with Crippen LogP contribution in [-0.2, 0) is 9.59 Å². The van der Waals surface area contributed by atoms with Crippen LogP contribution in [0, 0.1) is 12.8 Å². The summed E-state index contributed by atoms with van der Waals surface area (Å²) in [6.45, 7) is 9.72. The van der Waals surface area contributed by atoms with E-state index in [4.69, 9.17) is 0 Å². The third-order valence-corrected chi connectivity index (χ3v) is 5.71. The Labute approximate surface area is 167 Å². The second-order valence-electron chi connectivity index (χ2n) is 9.02. The van der Waals surface area contributed by atoms with Crippen molar-refractivity contribution in [3.63, 3.8) is 0 Å². The molecule has 28 heavy (non-hydrogen) atoms. The predicted octanol–water partition coefficient (Wildman–Crippen LogP) is 2.36. The van der Waals surface area contributed by atoms with Crippen LogP contribution in [0.15, 0.2) is 24.3 Å². The number of nitrogens with one attached hydrogen (secondary N) is 1. The Balaban J connectivity index is 1.51. The van der Waals surface area contributed by atoms with Gasteiger partial charge in [0.2, 0.25) is 11.8 Å². The normalized spacial score (nSPS) is 21.1. The van der Waals surface area contributed by atoms with Gasteiger partial charge in [0.25, 0.3) is 5.91 Å². The van der Waals surface area contributed by atoms with E-state index in [-0.39, 0.29) is 35.2 Å². The monoisotopic (exact) mass is 385 g/mol. The Morgan fingerprint density at radius 3 is 2.39 bits per heavy atom. The minimum absolute atomic E-state index is 0.0596. The standard InChI is InChI=1S/C22H31N3O3/c1-15-6-5-7-16(12-15)20(27)23-18-8-10-24(11-9-18)21(28)17-13-19(26)25(14-17)22(2,3)4/h5-7,12,17-18H,8-11,13-14H2,1-4H3,(H,23,27). The fraction of sp³-hybridized carbons (Fsp3) is 0.591. The maximum atomic E-state index is 12.9. The van der Waals surface area contributed by atoms with E-state index in [9.17, 15) is 14.4 Å². The number of piperidine rings is 1. The van der Waals surface area contributed by atoms with Crippen molar-refractivity contribution in [1.29, 1.82) is 0 Å². The molecule has 6 nitrogen and oxygen atoms in total. The molecule has 1 aromatic rings. The molecule has 1 aromatic carbocycles. The summed E-state index contributed by atoms with van der Waals surface area (Å²) in [5.41, 5.74) is 1.48. The van der Waals surface area contributed by atoms with Gasteiger partial charge in [-0.15, -0.1) is 0 Å². The molecule has 1 N–H and O–H groups in total. The minimum Gasteiger partial charge on any atom is -0.349 e. The van der Waals surface area contributed by atoms with Crippen LogP contribution >= 0.6 is 0 Å². The van der Waals surface area contributed by atoms with Crippen molar-refractivity contribution in [2.45, 2.75) is 58.5 Å². The van der Waals surface area contributed by atoms with Gasteiger partial charge >= 0.3 is 0 Å². The first-order valence-electron chi connectivity index (χ1n) is 10.1. The third-order valence-electron chi connectivity index (χ3n) is 5.71. The summed E-state index contributed by atoms with van der Waals surface area (Å²) in [5, 5.41) is 3.09. The van der Waals surface area contributed by atoms with Gasteiger partial charge in [0.1, 0.15) is 0 Å². The Hall–Kier alpha value is -2.37. The fourth-order valence-electron chi connectivity index (χ4n) is 4.08. The molecule has 0 spiro atoms. The van der Waals surface area contributed by atoms with Crippen molar-refractivity contribution >= 4 is 17.7 Å². The SMILES string of the molecule is Cc1cccc(C(=O)NC2CCN(C(=O)C3CC(=O)N(C(C)(C)C)C3)CC2)c1. The van der Waals surface area contributed by atoms with Gasteiger partial charge in [0.05, 0.1) is 5.92 Å². The second kappa shape index (κ2) is 7.94. The number of nitrogens with zero attached hydrogens (tertiary/aromatic N) is 2. The maximum Gasteiger partial charge on any atom is 0.251 e. The van der Waals surface area contributed by atoms with Crippen molar-refractivity contribution in [1.82, 2.24) is 15.1 Å². The van der Waals surface area contributed by atoms with Crippen LogP contribution < -0.4 is 5.32 Å². The maximum absolute atomic E-state index is 12.9. The summed E-state index contributed by atoms with van der Waals surface area (Å²) in [5.74, 6) is -0.171. The summed E-state index contributed by atoms with van der Waals surface area (Å²) in [7, 11) is 0. The Kier molecular flexibility index (Phi) is 5.77. The lowest BCUT2D eigenvalue weighted by atomic mass is 10.0. The zero-order chi connectivity index (χ0) is 20.5.